The van der Waals surface area contributed by atoms with Crippen LogP contribution in [0, 0.1) is 12.7 Å². The van der Waals surface area contributed by atoms with Gasteiger partial charge in [0.1, 0.15) is 17.3 Å². The Morgan fingerprint density at radius 3 is 2.57 bits per heavy atom. The van der Waals surface area contributed by atoms with Crippen LogP contribution in [0.25, 0.3) is 11.0 Å². The molecule has 0 radical (unpaired) electrons. The van der Waals surface area contributed by atoms with Gasteiger partial charge in [0.25, 0.3) is 0 Å². The van der Waals surface area contributed by atoms with Gasteiger partial charge in [0.2, 0.25) is 5.95 Å². The number of aromatic nitrogens is 4. The minimum absolute atomic E-state index is 0.187. The highest BCUT2D eigenvalue weighted by atomic mass is 19.4. The number of halogens is 4. The number of nitrogens with two attached hydrogens (primary N) is 1. The molecule has 4 rings (SSSR count). The molecule has 0 spiro atoms. The summed E-state index contributed by atoms with van der Waals surface area (Å²) in [5.74, 6) is -1.36. The minimum atomic E-state index is -4.68. The predicted octanol–water partition coefficient (Wildman–Crippen LogP) is 4.89. The zero-order valence-electron chi connectivity index (χ0n) is 15.5. The molecule has 1 aromatic carbocycles. The highest BCUT2D eigenvalue weighted by Gasteiger charge is 2.33. The monoisotopic (exact) mass is 417 g/mol. The normalized spacial score (nSPS) is 11.6. The van der Waals surface area contributed by atoms with Crippen molar-refractivity contribution in [1.82, 2.24) is 19.9 Å². The predicted molar refractivity (Wildman–Crippen MR) is 105 cm³/mol. The molecule has 30 heavy (non-hydrogen) atoms. The van der Waals surface area contributed by atoms with Gasteiger partial charge in [-0.2, -0.15) is 18.2 Å². The van der Waals surface area contributed by atoms with Gasteiger partial charge in [-0.3, -0.25) is 0 Å². The first-order chi connectivity index (χ1) is 14.2. The third-order valence-corrected chi connectivity index (χ3v) is 4.32. The van der Waals surface area contributed by atoms with E-state index in [1.807, 2.05) is 6.92 Å². The van der Waals surface area contributed by atoms with Crippen LogP contribution in [-0.4, -0.2) is 19.9 Å². The van der Waals surface area contributed by atoms with Gasteiger partial charge in [-0.1, -0.05) is 0 Å². The van der Waals surface area contributed by atoms with Gasteiger partial charge in [-0.25, -0.2) is 14.4 Å². The fourth-order valence-corrected chi connectivity index (χ4v) is 2.99. The van der Waals surface area contributed by atoms with E-state index in [1.165, 1.54) is 12.1 Å². The lowest BCUT2D eigenvalue weighted by Crippen LogP contribution is -2.12. The molecular formula is C19H15F4N7. The Kier molecular flexibility index (Phi) is 4.65. The summed E-state index contributed by atoms with van der Waals surface area (Å²) in [5.41, 5.74) is 6.81. The van der Waals surface area contributed by atoms with Crippen LogP contribution in [0.3, 0.4) is 0 Å². The number of hydrogen-bond acceptors (Lipinski definition) is 6. The van der Waals surface area contributed by atoms with Crippen molar-refractivity contribution in [2.45, 2.75) is 13.1 Å². The van der Waals surface area contributed by atoms with Crippen molar-refractivity contribution in [2.24, 2.45) is 0 Å². The second kappa shape index (κ2) is 7.17. The molecule has 5 N–H and O–H groups in total. The van der Waals surface area contributed by atoms with E-state index in [-0.39, 0.29) is 17.2 Å². The Hall–Kier alpha value is -3.89. The molecular weight excluding hydrogens is 402 g/mol. The van der Waals surface area contributed by atoms with Crippen molar-refractivity contribution in [2.75, 3.05) is 16.4 Å². The number of nitrogens with one attached hydrogen (secondary N) is 3. The van der Waals surface area contributed by atoms with Crippen LogP contribution < -0.4 is 16.4 Å². The summed E-state index contributed by atoms with van der Waals surface area (Å²) < 4.78 is 53.3. The number of nitrogen functional groups attached to an aromatic ring is 1. The number of aryl methyl sites for hydroxylation is 1. The van der Waals surface area contributed by atoms with Gasteiger partial charge in [0.05, 0.1) is 11.4 Å². The van der Waals surface area contributed by atoms with Crippen LogP contribution in [0.2, 0.25) is 0 Å². The van der Waals surface area contributed by atoms with Gasteiger partial charge in [-0.05, 0) is 36.8 Å². The average Bonchev–Trinajstić information content (AvgIpc) is 3.05. The maximum absolute atomic E-state index is 14.6. The summed E-state index contributed by atoms with van der Waals surface area (Å²) in [5, 5.41) is 6.45. The quantitative estimate of drug-likeness (QED) is 0.353. The molecule has 3 heterocycles. The second-order valence-electron chi connectivity index (χ2n) is 6.49. The number of anilines is 5. The van der Waals surface area contributed by atoms with Crippen molar-refractivity contribution >= 4 is 39.9 Å². The highest BCUT2D eigenvalue weighted by molar-refractivity contribution is 5.94. The fraction of sp³-hybridized carbons (Fsp3) is 0.105. The molecule has 0 saturated carbocycles. The van der Waals surface area contributed by atoms with Crippen LogP contribution in [0.4, 0.5) is 46.4 Å². The molecule has 154 valence electrons. The molecule has 0 bridgehead atoms. The lowest BCUT2D eigenvalue weighted by atomic mass is 10.2. The average molecular weight is 417 g/mol. The number of rotatable bonds is 4. The molecule has 3 aromatic heterocycles. The van der Waals surface area contributed by atoms with E-state index in [4.69, 9.17) is 5.73 Å². The Bertz CT molecular complexity index is 1230. The smallest absolute Gasteiger partial charge is 0.368 e. The van der Waals surface area contributed by atoms with E-state index in [2.05, 4.69) is 30.6 Å². The van der Waals surface area contributed by atoms with Crippen LogP contribution in [0.5, 0.6) is 0 Å². The zero-order valence-corrected chi connectivity index (χ0v) is 15.5. The molecule has 7 nitrogen and oxygen atoms in total. The molecule has 4 aromatic rings. The minimum Gasteiger partial charge on any atom is -0.368 e. The van der Waals surface area contributed by atoms with Crippen molar-refractivity contribution in [1.29, 1.82) is 0 Å². The first-order valence-electron chi connectivity index (χ1n) is 8.69. The number of aromatic amines is 1. The Labute approximate surface area is 167 Å². The number of benzene rings is 1. The first kappa shape index (κ1) is 19.4. The van der Waals surface area contributed by atoms with Crippen LogP contribution >= 0.6 is 0 Å². The molecule has 11 heteroatoms. The van der Waals surface area contributed by atoms with Gasteiger partial charge in [0, 0.05) is 29.5 Å². The zero-order chi connectivity index (χ0) is 21.5. The number of H-pyrrole nitrogens is 1. The van der Waals surface area contributed by atoms with Crippen molar-refractivity contribution in [3.05, 3.63) is 59.8 Å². The summed E-state index contributed by atoms with van der Waals surface area (Å²) in [6.45, 7) is 1.90. The Morgan fingerprint density at radius 1 is 1.03 bits per heavy atom. The summed E-state index contributed by atoms with van der Waals surface area (Å²) in [7, 11) is 0. The van der Waals surface area contributed by atoms with Crippen molar-refractivity contribution in [3.8, 4) is 0 Å². The molecule has 0 fully saturated rings. The standard InChI is InChI=1S/C19H15F4N7/c1-9-8-26-17-16(9)13(4-5-25-17)28-12-3-2-10(6-11(12)20)27-15-7-14(19(21,22)23)29-18(24)30-15/h2-8H,1H3,(H2,25,26,28)(H3,24,27,29,30). The van der Waals surface area contributed by atoms with E-state index < -0.39 is 23.6 Å². The number of pyridine rings is 1. The maximum atomic E-state index is 14.6. The van der Waals surface area contributed by atoms with E-state index in [0.29, 0.717) is 17.4 Å². The maximum Gasteiger partial charge on any atom is 0.433 e. The lowest BCUT2D eigenvalue weighted by molar-refractivity contribution is -0.141. The molecule has 0 aliphatic carbocycles. The van der Waals surface area contributed by atoms with Crippen LogP contribution in [0.1, 0.15) is 11.3 Å². The topological polar surface area (TPSA) is 105 Å². The Morgan fingerprint density at radius 2 is 1.83 bits per heavy atom. The Balaban J connectivity index is 1.60. The fourth-order valence-electron chi connectivity index (χ4n) is 2.99. The molecule has 0 atom stereocenters. The molecule has 0 aliphatic heterocycles. The summed E-state index contributed by atoms with van der Waals surface area (Å²) >= 11 is 0. The largest absolute Gasteiger partial charge is 0.433 e. The van der Waals surface area contributed by atoms with Crippen molar-refractivity contribution in [3.63, 3.8) is 0 Å². The summed E-state index contributed by atoms with van der Waals surface area (Å²) in [4.78, 5) is 14.1. The molecule has 0 saturated heterocycles. The van der Waals surface area contributed by atoms with E-state index in [9.17, 15) is 17.6 Å². The molecule has 0 amide bonds. The number of alkyl halides is 3. The number of nitrogens with zero attached hydrogens (tertiary/aromatic N) is 3. The SMILES string of the molecule is Cc1c[nH]c2nccc(Nc3ccc(Nc4cc(C(F)(F)F)nc(N)n4)cc3F)c12. The third-order valence-electron chi connectivity index (χ3n) is 4.32. The van der Waals surface area contributed by atoms with Crippen molar-refractivity contribution < 1.29 is 17.6 Å². The van der Waals surface area contributed by atoms with Gasteiger partial charge in [0.15, 0.2) is 5.69 Å². The van der Waals surface area contributed by atoms with Crippen LogP contribution in [0.15, 0.2) is 42.7 Å². The number of hydrogen-bond donors (Lipinski definition) is 4. The van der Waals surface area contributed by atoms with Gasteiger partial charge < -0.3 is 21.4 Å². The number of fused-ring (bicyclic) bond motifs is 1. The van der Waals surface area contributed by atoms with E-state index >= 15 is 0 Å². The third kappa shape index (κ3) is 3.81. The summed E-state index contributed by atoms with van der Waals surface area (Å²) in [6, 6.07) is 6.51. The molecule has 0 aliphatic rings. The molecule has 0 unspecified atom stereocenters. The second-order valence-corrected chi connectivity index (χ2v) is 6.49. The first-order valence-corrected chi connectivity index (χ1v) is 8.69. The summed E-state index contributed by atoms with van der Waals surface area (Å²) in [6.07, 6.45) is -1.29. The van der Waals surface area contributed by atoms with Gasteiger partial charge >= 0.3 is 6.18 Å². The van der Waals surface area contributed by atoms with E-state index in [0.717, 1.165) is 17.0 Å². The van der Waals surface area contributed by atoms with E-state index in [1.54, 1.807) is 18.5 Å². The highest BCUT2D eigenvalue weighted by Crippen LogP contribution is 2.32. The van der Waals surface area contributed by atoms with Gasteiger partial charge in [-0.15, -0.1) is 0 Å². The van der Waals surface area contributed by atoms with Crippen LogP contribution in [-0.2, 0) is 6.18 Å². The lowest BCUT2D eigenvalue weighted by Gasteiger charge is -2.13.